The Hall–Kier alpha value is -0.310. The average Bonchev–Trinajstić information content (AvgIpc) is 2.30. The van der Waals surface area contributed by atoms with Crippen molar-refractivity contribution in [2.24, 2.45) is 0 Å². The first-order valence-corrected chi connectivity index (χ1v) is 5.39. The summed E-state index contributed by atoms with van der Waals surface area (Å²) in [6, 6.07) is 2.21. The van der Waals surface area contributed by atoms with Gasteiger partial charge in [0.1, 0.15) is 0 Å². The van der Waals surface area contributed by atoms with Crippen molar-refractivity contribution < 1.29 is 0 Å². The van der Waals surface area contributed by atoms with Crippen LogP contribution in [0, 0.1) is 13.8 Å². The minimum Gasteiger partial charge on any atom is -0.307 e. The Bertz CT molecular complexity index is 284. The zero-order chi connectivity index (χ0) is 9.84. The molecule has 0 unspecified atom stereocenters. The third kappa shape index (κ3) is 3.51. The van der Waals surface area contributed by atoms with E-state index in [-0.39, 0.29) is 0 Å². The van der Waals surface area contributed by atoms with E-state index in [1.165, 1.54) is 15.3 Å². The maximum atomic E-state index is 5.63. The van der Waals surface area contributed by atoms with Gasteiger partial charge in [-0.15, -0.1) is 11.3 Å². The second-order valence-corrected chi connectivity index (χ2v) is 4.95. The molecule has 0 saturated carbocycles. The van der Waals surface area contributed by atoms with E-state index in [9.17, 15) is 0 Å². The molecule has 1 aromatic heterocycles. The molecule has 0 radical (unpaired) electrons. The monoisotopic (exact) mass is 215 g/mol. The summed E-state index contributed by atoms with van der Waals surface area (Å²) in [7, 11) is 0. The van der Waals surface area contributed by atoms with E-state index in [0.717, 1.165) is 6.54 Å². The summed E-state index contributed by atoms with van der Waals surface area (Å²) in [4.78, 5) is 2.74. The molecule has 1 rings (SSSR count). The van der Waals surface area contributed by atoms with Crippen molar-refractivity contribution in [3.63, 3.8) is 0 Å². The van der Waals surface area contributed by atoms with Crippen LogP contribution in [0.4, 0.5) is 0 Å². The van der Waals surface area contributed by atoms with Gasteiger partial charge in [-0.2, -0.15) is 0 Å². The average molecular weight is 216 g/mol. The topological polar surface area (TPSA) is 12.0 Å². The van der Waals surface area contributed by atoms with E-state index in [1.807, 2.05) is 11.3 Å². The van der Waals surface area contributed by atoms with Crippen LogP contribution < -0.4 is 5.32 Å². The zero-order valence-electron chi connectivity index (χ0n) is 7.98. The van der Waals surface area contributed by atoms with Crippen LogP contribution in [0.5, 0.6) is 0 Å². The fourth-order valence-corrected chi connectivity index (χ4v) is 2.18. The molecule has 0 spiro atoms. The standard InChI is InChI=1S/C10H14ClNS/c1-7-4-10(13-9(7)3)6-12-5-8(2)11/h4,12H,2,5-6H2,1,3H3. The smallest absolute Gasteiger partial charge is 0.0310 e. The van der Waals surface area contributed by atoms with Gasteiger partial charge in [0.2, 0.25) is 0 Å². The Morgan fingerprint density at radius 2 is 2.31 bits per heavy atom. The summed E-state index contributed by atoms with van der Waals surface area (Å²) in [5.41, 5.74) is 1.37. The van der Waals surface area contributed by atoms with E-state index in [0.29, 0.717) is 11.6 Å². The van der Waals surface area contributed by atoms with Crippen LogP contribution in [0.3, 0.4) is 0 Å². The molecule has 0 aliphatic carbocycles. The maximum Gasteiger partial charge on any atom is 0.0310 e. The van der Waals surface area contributed by atoms with Gasteiger partial charge in [-0.05, 0) is 25.5 Å². The molecule has 1 N–H and O–H groups in total. The highest BCUT2D eigenvalue weighted by molar-refractivity contribution is 7.12. The fourth-order valence-electron chi connectivity index (χ4n) is 1.06. The Morgan fingerprint density at radius 1 is 1.62 bits per heavy atom. The van der Waals surface area contributed by atoms with E-state index in [1.54, 1.807) is 0 Å². The lowest BCUT2D eigenvalue weighted by atomic mass is 10.3. The van der Waals surface area contributed by atoms with Crippen LogP contribution in [-0.4, -0.2) is 6.54 Å². The maximum absolute atomic E-state index is 5.63. The highest BCUT2D eigenvalue weighted by atomic mass is 35.5. The van der Waals surface area contributed by atoms with Crippen molar-refractivity contribution in [1.82, 2.24) is 5.32 Å². The van der Waals surface area contributed by atoms with Gasteiger partial charge in [-0.1, -0.05) is 18.2 Å². The van der Waals surface area contributed by atoms with Crippen molar-refractivity contribution in [1.29, 1.82) is 0 Å². The number of halogens is 1. The third-order valence-electron chi connectivity index (χ3n) is 1.83. The number of aryl methyl sites for hydroxylation is 2. The molecule has 1 nitrogen and oxygen atoms in total. The van der Waals surface area contributed by atoms with E-state index in [4.69, 9.17) is 11.6 Å². The molecule has 0 aromatic carbocycles. The molecule has 0 aliphatic heterocycles. The van der Waals surface area contributed by atoms with Crippen molar-refractivity contribution in [3.8, 4) is 0 Å². The summed E-state index contributed by atoms with van der Waals surface area (Å²) in [5, 5.41) is 3.88. The molecule has 0 fully saturated rings. The SMILES string of the molecule is C=C(Cl)CNCc1cc(C)c(C)s1. The van der Waals surface area contributed by atoms with Crippen LogP contribution in [0.15, 0.2) is 17.7 Å². The van der Waals surface area contributed by atoms with Crippen LogP contribution in [-0.2, 0) is 6.54 Å². The van der Waals surface area contributed by atoms with Crippen molar-refractivity contribution >= 4 is 22.9 Å². The third-order valence-corrected chi connectivity index (χ3v) is 3.12. The zero-order valence-corrected chi connectivity index (χ0v) is 9.56. The second kappa shape index (κ2) is 4.80. The van der Waals surface area contributed by atoms with Gasteiger partial charge in [0.25, 0.3) is 0 Å². The molecule has 13 heavy (non-hydrogen) atoms. The number of hydrogen-bond donors (Lipinski definition) is 1. The van der Waals surface area contributed by atoms with Crippen molar-refractivity contribution in [2.75, 3.05) is 6.54 Å². The van der Waals surface area contributed by atoms with Gasteiger partial charge >= 0.3 is 0 Å². The molecule has 1 heterocycles. The van der Waals surface area contributed by atoms with Crippen molar-refractivity contribution in [3.05, 3.63) is 33.0 Å². The van der Waals surface area contributed by atoms with Gasteiger partial charge < -0.3 is 5.32 Å². The number of nitrogens with one attached hydrogen (secondary N) is 1. The summed E-state index contributed by atoms with van der Waals surface area (Å²) in [5.74, 6) is 0. The van der Waals surface area contributed by atoms with Gasteiger partial charge in [0, 0.05) is 27.9 Å². The van der Waals surface area contributed by atoms with Crippen LogP contribution in [0.1, 0.15) is 15.3 Å². The van der Waals surface area contributed by atoms with Crippen LogP contribution in [0.25, 0.3) is 0 Å². The number of thiophene rings is 1. The van der Waals surface area contributed by atoms with E-state index in [2.05, 4.69) is 31.8 Å². The largest absolute Gasteiger partial charge is 0.307 e. The molecule has 0 aliphatic rings. The Kier molecular flexibility index (Phi) is 3.97. The minimum atomic E-state index is 0.657. The fraction of sp³-hybridized carbons (Fsp3) is 0.400. The summed E-state index contributed by atoms with van der Waals surface area (Å²) < 4.78 is 0. The Morgan fingerprint density at radius 3 is 2.77 bits per heavy atom. The molecule has 0 atom stereocenters. The highest BCUT2D eigenvalue weighted by Gasteiger charge is 2.00. The molecule has 0 saturated heterocycles. The lowest BCUT2D eigenvalue weighted by Gasteiger charge is -1.99. The lowest BCUT2D eigenvalue weighted by Crippen LogP contribution is -2.13. The summed E-state index contributed by atoms with van der Waals surface area (Å²) in [6.07, 6.45) is 0. The van der Waals surface area contributed by atoms with Crippen LogP contribution >= 0.6 is 22.9 Å². The van der Waals surface area contributed by atoms with Gasteiger partial charge in [-0.3, -0.25) is 0 Å². The van der Waals surface area contributed by atoms with Gasteiger partial charge in [0.15, 0.2) is 0 Å². The number of hydrogen-bond acceptors (Lipinski definition) is 2. The molecule has 72 valence electrons. The molecular formula is C10H14ClNS. The van der Waals surface area contributed by atoms with E-state index >= 15 is 0 Å². The molecule has 0 amide bonds. The second-order valence-electron chi connectivity index (χ2n) is 3.07. The normalized spacial score (nSPS) is 10.4. The number of rotatable bonds is 4. The molecule has 3 heteroatoms. The van der Waals surface area contributed by atoms with Crippen LogP contribution in [0.2, 0.25) is 0 Å². The Balaban J connectivity index is 2.41. The summed E-state index contributed by atoms with van der Waals surface area (Å²) in [6.45, 7) is 9.45. The first kappa shape index (κ1) is 10.8. The predicted octanol–water partition coefficient (Wildman–Crippen LogP) is 3.21. The van der Waals surface area contributed by atoms with Crippen molar-refractivity contribution in [2.45, 2.75) is 20.4 Å². The summed E-state index contributed by atoms with van der Waals surface area (Å²) >= 11 is 7.46. The molecular weight excluding hydrogens is 202 g/mol. The Labute approximate surface area is 88.4 Å². The first-order chi connectivity index (χ1) is 6.09. The lowest BCUT2D eigenvalue weighted by molar-refractivity contribution is 0.765. The minimum absolute atomic E-state index is 0.657. The predicted molar refractivity (Wildman–Crippen MR) is 60.5 cm³/mol. The van der Waals surface area contributed by atoms with E-state index < -0.39 is 0 Å². The molecule has 1 aromatic rings. The van der Waals surface area contributed by atoms with Gasteiger partial charge in [-0.25, -0.2) is 0 Å². The first-order valence-electron chi connectivity index (χ1n) is 4.19. The highest BCUT2D eigenvalue weighted by Crippen LogP contribution is 2.20. The quantitative estimate of drug-likeness (QED) is 0.814. The van der Waals surface area contributed by atoms with Gasteiger partial charge in [0.05, 0.1) is 0 Å². The molecule has 0 bridgehead atoms.